The summed E-state index contributed by atoms with van der Waals surface area (Å²) in [5.74, 6) is -0.312. The molecule has 0 saturated carbocycles. The van der Waals surface area contributed by atoms with Crippen molar-refractivity contribution >= 4 is 29.4 Å². The number of hydrogen-bond donors (Lipinski definition) is 1. The molecule has 216 valence electrons. The van der Waals surface area contributed by atoms with Crippen LogP contribution in [0, 0.1) is 19.7 Å². The molecule has 3 heterocycles. The predicted octanol–water partition coefficient (Wildman–Crippen LogP) is 5.76. The van der Waals surface area contributed by atoms with E-state index >= 15 is 4.39 Å². The topological polar surface area (TPSA) is 76.5 Å². The second kappa shape index (κ2) is 12.1. The lowest BCUT2D eigenvalue weighted by molar-refractivity contribution is -0.123. The van der Waals surface area contributed by atoms with Gasteiger partial charge in [0.2, 0.25) is 11.8 Å². The fraction of sp³-hybridized carbons (Fsp3) is 0.303. The van der Waals surface area contributed by atoms with E-state index < -0.39 is 5.25 Å². The Kier molecular flexibility index (Phi) is 8.13. The molecule has 0 spiro atoms. The van der Waals surface area contributed by atoms with Crippen molar-refractivity contribution in [3.05, 3.63) is 101 Å². The third-order valence-corrected chi connectivity index (χ3v) is 9.22. The maximum atomic E-state index is 15.4. The van der Waals surface area contributed by atoms with Gasteiger partial charge < -0.3 is 10.1 Å². The molecule has 2 aliphatic rings. The Hall–Kier alpha value is -3.95. The van der Waals surface area contributed by atoms with Crippen molar-refractivity contribution in [1.29, 1.82) is 0 Å². The normalized spacial score (nSPS) is 18.5. The average Bonchev–Trinajstić information content (AvgIpc) is 3.63. The Bertz CT molecular complexity index is 1620. The minimum atomic E-state index is -0.529. The van der Waals surface area contributed by atoms with E-state index in [-0.39, 0.29) is 36.0 Å². The lowest BCUT2D eigenvalue weighted by Gasteiger charge is -2.24. The summed E-state index contributed by atoms with van der Waals surface area (Å²) in [6.07, 6.45) is 1.85. The number of nitrogens with zero attached hydrogens (tertiary/aromatic N) is 3. The van der Waals surface area contributed by atoms with E-state index in [1.807, 2.05) is 62.4 Å². The number of anilines is 1. The number of amides is 2. The Morgan fingerprint density at radius 1 is 1.07 bits per heavy atom. The molecule has 1 aromatic heterocycles. The molecule has 2 atom stereocenters. The average molecular weight is 585 g/mol. The third-order valence-electron chi connectivity index (χ3n) is 7.98. The van der Waals surface area contributed by atoms with Crippen molar-refractivity contribution in [3.8, 4) is 16.9 Å². The highest BCUT2D eigenvalue weighted by atomic mass is 32.2. The maximum Gasteiger partial charge on any atom is 0.240 e. The number of rotatable bonds is 7. The number of halogens is 1. The third kappa shape index (κ3) is 5.46. The lowest BCUT2D eigenvalue weighted by Crippen LogP contribution is -2.44. The van der Waals surface area contributed by atoms with Crippen LogP contribution in [-0.2, 0) is 14.3 Å². The summed E-state index contributed by atoms with van der Waals surface area (Å²) in [6.45, 7) is 4.94. The number of thioether (sulfide) groups is 1. The fourth-order valence-corrected chi connectivity index (χ4v) is 6.85. The first-order valence-electron chi connectivity index (χ1n) is 14.2. The number of aromatic nitrogens is 2. The summed E-state index contributed by atoms with van der Waals surface area (Å²) < 4.78 is 22.9. The van der Waals surface area contributed by atoms with E-state index in [9.17, 15) is 9.59 Å². The quantitative estimate of drug-likeness (QED) is 0.299. The van der Waals surface area contributed by atoms with Crippen molar-refractivity contribution in [1.82, 2.24) is 15.1 Å². The van der Waals surface area contributed by atoms with E-state index in [1.54, 1.807) is 22.9 Å². The molecule has 4 aromatic rings. The van der Waals surface area contributed by atoms with Gasteiger partial charge in [0.15, 0.2) is 0 Å². The number of carbonyl (C=O) groups is 2. The molecule has 1 saturated heterocycles. The van der Waals surface area contributed by atoms with Gasteiger partial charge in [-0.15, -0.1) is 11.8 Å². The first-order valence-corrected chi connectivity index (χ1v) is 15.3. The second-order valence-corrected chi connectivity index (χ2v) is 11.8. The fourth-order valence-electron chi connectivity index (χ4n) is 5.63. The van der Waals surface area contributed by atoms with E-state index in [2.05, 4.69) is 5.32 Å². The zero-order valence-electron chi connectivity index (χ0n) is 23.7. The van der Waals surface area contributed by atoms with Gasteiger partial charge in [0.05, 0.1) is 28.5 Å². The second-order valence-electron chi connectivity index (χ2n) is 10.7. The molecule has 1 N–H and O–H groups in total. The van der Waals surface area contributed by atoms with E-state index in [0.29, 0.717) is 35.8 Å². The highest BCUT2D eigenvalue weighted by molar-refractivity contribution is 8.00. The lowest BCUT2D eigenvalue weighted by atomic mass is 9.99. The van der Waals surface area contributed by atoms with E-state index in [0.717, 1.165) is 35.2 Å². The summed E-state index contributed by atoms with van der Waals surface area (Å²) >= 11 is 1.36. The SMILES string of the molecule is Cc1cccc(-n2nc(-c3ccccc3)c3c2N(CC(=O)NC[C@H]2CCCO2)C(=O)CS[C@H]3c2ccccc2F)c1C. The van der Waals surface area contributed by atoms with Gasteiger partial charge >= 0.3 is 0 Å². The monoisotopic (exact) mass is 584 g/mol. The minimum absolute atomic E-state index is 0.0181. The van der Waals surface area contributed by atoms with Crippen molar-refractivity contribution in [3.63, 3.8) is 0 Å². The van der Waals surface area contributed by atoms with Crippen LogP contribution in [0.25, 0.3) is 16.9 Å². The number of fused-ring (bicyclic) bond motifs is 1. The van der Waals surface area contributed by atoms with Crippen LogP contribution in [0.1, 0.15) is 40.3 Å². The summed E-state index contributed by atoms with van der Waals surface area (Å²) in [7, 11) is 0. The standard InChI is InChI=1S/C33H33FN4O3S/c1-21-10-8-16-27(22(21)2)38-33-30(31(36-38)23-11-4-3-5-12-23)32(25-14-6-7-15-26(25)34)42-20-29(40)37(33)19-28(39)35-18-24-13-9-17-41-24/h3-8,10-12,14-16,24,32H,9,13,17-20H2,1-2H3,(H,35,39)/t24-,32+/m1/s1. The Morgan fingerprint density at radius 2 is 1.86 bits per heavy atom. The first-order chi connectivity index (χ1) is 20.4. The summed E-state index contributed by atoms with van der Waals surface area (Å²) in [6, 6.07) is 22.3. The van der Waals surface area contributed by atoms with E-state index in [4.69, 9.17) is 9.84 Å². The number of aryl methyl sites for hydroxylation is 1. The van der Waals surface area contributed by atoms with Gasteiger partial charge in [0, 0.05) is 29.8 Å². The van der Waals surface area contributed by atoms with Crippen LogP contribution < -0.4 is 10.2 Å². The number of carbonyl (C=O) groups excluding carboxylic acids is 2. The van der Waals surface area contributed by atoms with Gasteiger partial charge in [-0.05, 0) is 49.9 Å². The molecule has 2 amide bonds. The van der Waals surface area contributed by atoms with E-state index in [1.165, 1.54) is 22.7 Å². The summed E-state index contributed by atoms with van der Waals surface area (Å²) in [4.78, 5) is 28.7. The zero-order valence-corrected chi connectivity index (χ0v) is 24.5. The van der Waals surface area contributed by atoms with Crippen LogP contribution in [0.4, 0.5) is 10.2 Å². The molecule has 6 rings (SSSR count). The Labute approximate surface area is 249 Å². The van der Waals surface area contributed by atoms with Crippen LogP contribution in [-0.4, -0.2) is 53.1 Å². The number of nitrogens with one attached hydrogen (secondary N) is 1. The highest BCUT2D eigenvalue weighted by Gasteiger charge is 2.38. The molecule has 1 fully saturated rings. The number of benzene rings is 3. The van der Waals surface area contributed by atoms with Crippen LogP contribution in [0.2, 0.25) is 0 Å². The van der Waals surface area contributed by atoms with Crippen molar-refractivity contribution in [2.75, 3.05) is 30.3 Å². The number of ether oxygens (including phenoxy) is 1. The maximum absolute atomic E-state index is 15.4. The van der Waals surface area contributed by atoms with Crippen LogP contribution in [0.5, 0.6) is 0 Å². The smallest absolute Gasteiger partial charge is 0.240 e. The van der Waals surface area contributed by atoms with Crippen molar-refractivity contribution in [2.45, 2.75) is 38.0 Å². The molecule has 9 heteroatoms. The Balaban J connectivity index is 1.55. The predicted molar refractivity (Wildman–Crippen MR) is 164 cm³/mol. The largest absolute Gasteiger partial charge is 0.376 e. The van der Waals surface area contributed by atoms with Crippen LogP contribution in [0.15, 0.2) is 72.8 Å². The van der Waals surface area contributed by atoms with Gasteiger partial charge in [-0.2, -0.15) is 5.10 Å². The van der Waals surface area contributed by atoms with Gasteiger partial charge in [-0.3, -0.25) is 14.5 Å². The van der Waals surface area contributed by atoms with Crippen molar-refractivity contribution < 1.29 is 18.7 Å². The van der Waals surface area contributed by atoms with Gasteiger partial charge in [-0.25, -0.2) is 9.07 Å². The molecule has 3 aromatic carbocycles. The summed E-state index contributed by atoms with van der Waals surface area (Å²) in [5.41, 5.74) is 5.53. The van der Waals surface area contributed by atoms with Gasteiger partial charge in [0.25, 0.3) is 0 Å². The van der Waals surface area contributed by atoms with Crippen LogP contribution >= 0.6 is 11.8 Å². The molecule has 0 bridgehead atoms. The highest BCUT2D eigenvalue weighted by Crippen LogP contribution is 2.49. The molecule has 7 nitrogen and oxygen atoms in total. The molecule has 0 radical (unpaired) electrons. The number of hydrogen-bond acceptors (Lipinski definition) is 5. The molecule has 0 unspecified atom stereocenters. The van der Waals surface area contributed by atoms with Crippen LogP contribution in [0.3, 0.4) is 0 Å². The first kappa shape index (κ1) is 28.2. The van der Waals surface area contributed by atoms with Gasteiger partial charge in [-0.1, -0.05) is 60.7 Å². The van der Waals surface area contributed by atoms with Gasteiger partial charge in [0.1, 0.15) is 18.2 Å². The van der Waals surface area contributed by atoms with Crippen molar-refractivity contribution in [2.24, 2.45) is 0 Å². The molecule has 2 aliphatic heterocycles. The summed E-state index contributed by atoms with van der Waals surface area (Å²) in [5, 5.41) is 7.55. The zero-order chi connectivity index (χ0) is 29.2. The molecule has 0 aliphatic carbocycles. The molecular formula is C33H33FN4O3S. The molecule has 42 heavy (non-hydrogen) atoms. The minimum Gasteiger partial charge on any atom is -0.376 e. The molecular weight excluding hydrogens is 551 g/mol. The Morgan fingerprint density at radius 3 is 2.62 bits per heavy atom.